The van der Waals surface area contributed by atoms with Gasteiger partial charge in [-0.15, -0.1) is 0 Å². The van der Waals surface area contributed by atoms with E-state index in [1.807, 2.05) is 48.5 Å². The molecule has 0 aliphatic heterocycles. The van der Waals surface area contributed by atoms with Crippen molar-refractivity contribution < 1.29 is 9.59 Å². The molecule has 2 amide bonds. The first-order valence-electron chi connectivity index (χ1n) is 9.28. The van der Waals surface area contributed by atoms with Crippen LogP contribution in [-0.2, 0) is 11.2 Å². The van der Waals surface area contributed by atoms with Crippen LogP contribution in [0.2, 0.25) is 5.02 Å². The number of hydrogen-bond acceptors (Lipinski definition) is 2. The van der Waals surface area contributed by atoms with Crippen LogP contribution in [0, 0.1) is 0 Å². The van der Waals surface area contributed by atoms with Crippen molar-refractivity contribution in [2.24, 2.45) is 0 Å². The molecular weight excluding hydrogens is 384 g/mol. The van der Waals surface area contributed by atoms with E-state index in [2.05, 4.69) is 10.6 Å². The standard InChI is InChI=1S/C24H21ClN2O2/c25-21-12-6-4-10-19(21)14-15-23(28)27-22-13-7-5-11-20(22)24(29)26-17-16-18-8-2-1-3-9-18/h1-15H,16-17H2,(H,26,29)(H,27,28)/b15-14+. The van der Waals surface area contributed by atoms with Crippen LogP contribution in [0.4, 0.5) is 5.69 Å². The second-order valence-corrected chi connectivity index (χ2v) is 6.79. The number of amides is 2. The molecule has 0 heterocycles. The third kappa shape index (κ3) is 6.06. The minimum Gasteiger partial charge on any atom is -0.352 e. The Labute approximate surface area is 175 Å². The van der Waals surface area contributed by atoms with E-state index in [4.69, 9.17) is 11.6 Å². The van der Waals surface area contributed by atoms with Crippen LogP contribution >= 0.6 is 11.6 Å². The monoisotopic (exact) mass is 404 g/mol. The molecule has 0 saturated carbocycles. The molecule has 0 aromatic heterocycles. The minimum absolute atomic E-state index is 0.230. The van der Waals surface area contributed by atoms with Crippen molar-refractivity contribution in [3.8, 4) is 0 Å². The first-order chi connectivity index (χ1) is 14.1. The number of para-hydroxylation sites is 1. The Balaban J connectivity index is 1.61. The number of rotatable bonds is 7. The molecule has 0 radical (unpaired) electrons. The molecule has 0 spiro atoms. The van der Waals surface area contributed by atoms with Gasteiger partial charge >= 0.3 is 0 Å². The van der Waals surface area contributed by atoms with Crippen LogP contribution in [0.15, 0.2) is 84.9 Å². The molecule has 0 unspecified atom stereocenters. The molecule has 3 rings (SSSR count). The molecule has 4 nitrogen and oxygen atoms in total. The number of benzene rings is 3. The fourth-order valence-corrected chi connectivity index (χ4v) is 3.00. The van der Waals surface area contributed by atoms with Crippen LogP contribution < -0.4 is 10.6 Å². The lowest BCUT2D eigenvalue weighted by atomic mass is 10.1. The number of anilines is 1. The molecule has 3 aromatic rings. The van der Waals surface area contributed by atoms with Crippen molar-refractivity contribution in [1.29, 1.82) is 0 Å². The first kappa shape index (κ1) is 20.4. The van der Waals surface area contributed by atoms with Gasteiger partial charge in [0.1, 0.15) is 0 Å². The predicted molar refractivity (Wildman–Crippen MR) is 118 cm³/mol. The summed E-state index contributed by atoms with van der Waals surface area (Å²) in [6.45, 7) is 0.511. The van der Waals surface area contributed by atoms with Gasteiger partial charge in [0.05, 0.1) is 11.3 Å². The van der Waals surface area contributed by atoms with Crippen molar-refractivity contribution in [1.82, 2.24) is 5.32 Å². The largest absolute Gasteiger partial charge is 0.352 e. The predicted octanol–water partition coefficient (Wildman–Crippen LogP) is 4.96. The Morgan fingerprint density at radius 3 is 2.34 bits per heavy atom. The number of carbonyl (C=O) groups excluding carboxylic acids is 2. The fourth-order valence-electron chi connectivity index (χ4n) is 2.80. The Bertz CT molecular complexity index is 1020. The summed E-state index contributed by atoms with van der Waals surface area (Å²) in [5, 5.41) is 6.22. The third-order valence-electron chi connectivity index (χ3n) is 4.29. The summed E-state index contributed by atoms with van der Waals surface area (Å²) in [6, 6.07) is 24.1. The molecule has 2 N–H and O–H groups in total. The van der Waals surface area contributed by atoms with Gasteiger partial charge in [0.15, 0.2) is 0 Å². The highest BCUT2D eigenvalue weighted by Crippen LogP contribution is 2.18. The molecule has 29 heavy (non-hydrogen) atoms. The summed E-state index contributed by atoms with van der Waals surface area (Å²) in [7, 11) is 0. The highest BCUT2D eigenvalue weighted by molar-refractivity contribution is 6.32. The molecule has 0 aliphatic carbocycles. The van der Waals surface area contributed by atoms with Crippen LogP contribution in [0.3, 0.4) is 0 Å². The zero-order valence-electron chi connectivity index (χ0n) is 15.8. The molecule has 5 heteroatoms. The molecule has 0 bridgehead atoms. The van der Waals surface area contributed by atoms with Crippen molar-refractivity contribution >= 4 is 35.2 Å². The molecular formula is C24H21ClN2O2. The zero-order valence-corrected chi connectivity index (χ0v) is 16.5. The average molecular weight is 405 g/mol. The maximum atomic E-state index is 12.6. The van der Waals surface area contributed by atoms with Gasteiger partial charge in [-0.25, -0.2) is 0 Å². The SMILES string of the molecule is O=C(/C=C/c1ccccc1Cl)Nc1ccccc1C(=O)NCCc1ccccc1. The summed E-state index contributed by atoms with van der Waals surface area (Å²) < 4.78 is 0. The Kier molecular flexibility index (Phi) is 7.20. The lowest BCUT2D eigenvalue weighted by molar-refractivity contribution is -0.111. The molecule has 0 atom stereocenters. The summed E-state index contributed by atoms with van der Waals surface area (Å²) >= 11 is 6.09. The second-order valence-electron chi connectivity index (χ2n) is 6.38. The molecule has 3 aromatic carbocycles. The lowest BCUT2D eigenvalue weighted by Crippen LogP contribution is -2.27. The zero-order chi connectivity index (χ0) is 20.5. The van der Waals surface area contributed by atoms with Crippen molar-refractivity contribution in [3.05, 3.63) is 107 Å². The van der Waals surface area contributed by atoms with Crippen molar-refractivity contribution in [3.63, 3.8) is 0 Å². The van der Waals surface area contributed by atoms with E-state index in [0.717, 1.165) is 17.5 Å². The van der Waals surface area contributed by atoms with Gasteiger partial charge in [0.25, 0.3) is 5.91 Å². The minimum atomic E-state index is -0.338. The van der Waals surface area contributed by atoms with Gasteiger partial charge in [-0.05, 0) is 41.8 Å². The maximum Gasteiger partial charge on any atom is 0.253 e. The molecule has 0 aliphatic rings. The number of hydrogen-bond donors (Lipinski definition) is 2. The summed E-state index contributed by atoms with van der Waals surface area (Å²) in [6.07, 6.45) is 3.77. The lowest BCUT2D eigenvalue weighted by Gasteiger charge is -2.10. The van der Waals surface area contributed by atoms with Gasteiger partial charge in [0.2, 0.25) is 5.91 Å². The van der Waals surface area contributed by atoms with E-state index in [0.29, 0.717) is 22.8 Å². The third-order valence-corrected chi connectivity index (χ3v) is 4.64. The fraction of sp³-hybridized carbons (Fsp3) is 0.0833. The van der Waals surface area contributed by atoms with E-state index >= 15 is 0 Å². The first-order valence-corrected chi connectivity index (χ1v) is 9.66. The van der Waals surface area contributed by atoms with Gasteiger partial charge in [-0.1, -0.05) is 72.3 Å². The average Bonchev–Trinajstić information content (AvgIpc) is 2.74. The highest BCUT2D eigenvalue weighted by atomic mass is 35.5. The second kappa shape index (κ2) is 10.2. The Hall–Kier alpha value is -3.37. The van der Waals surface area contributed by atoms with Gasteiger partial charge in [-0.2, -0.15) is 0 Å². The summed E-state index contributed by atoms with van der Waals surface area (Å²) in [4.78, 5) is 24.9. The van der Waals surface area contributed by atoms with E-state index in [1.165, 1.54) is 6.08 Å². The van der Waals surface area contributed by atoms with Crippen LogP contribution in [-0.4, -0.2) is 18.4 Å². The Morgan fingerprint density at radius 2 is 1.55 bits per heavy atom. The Morgan fingerprint density at radius 1 is 0.862 bits per heavy atom. The maximum absolute atomic E-state index is 12.6. The number of halogens is 1. The number of nitrogens with one attached hydrogen (secondary N) is 2. The molecule has 0 saturated heterocycles. The normalized spacial score (nSPS) is 10.7. The summed E-state index contributed by atoms with van der Waals surface area (Å²) in [5.74, 6) is -0.568. The van der Waals surface area contributed by atoms with Crippen molar-refractivity contribution in [2.45, 2.75) is 6.42 Å². The van der Waals surface area contributed by atoms with Gasteiger partial charge < -0.3 is 10.6 Å². The molecule has 0 fully saturated rings. The van der Waals surface area contributed by atoms with Crippen LogP contribution in [0.5, 0.6) is 0 Å². The smallest absolute Gasteiger partial charge is 0.253 e. The van der Waals surface area contributed by atoms with E-state index < -0.39 is 0 Å². The molecule has 146 valence electrons. The topological polar surface area (TPSA) is 58.2 Å². The van der Waals surface area contributed by atoms with Gasteiger partial charge in [0, 0.05) is 17.6 Å². The highest BCUT2D eigenvalue weighted by Gasteiger charge is 2.12. The van der Waals surface area contributed by atoms with Crippen molar-refractivity contribution in [2.75, 3.05) is 11.9 Å². The van der Waals surface area contributed by atoms with Crippen LogP contribution in [0.1, 0.15) is 21.5 Å². The van der Waals surface area contributed by atoms with Gasteiger partial charge in [-0.3, -0.25) is 9.59 Å². The van der Waals surface area contributed by atoms with E-state index in [9.17, 15) is 9.59 Å². The van der Waals surface area contributed by atoms with E-state index in [-0.39, 0.29) is 11.8 Å². The van der Waals surface area contributed by atoms with Crippen LogP contribution in [0.25, 0.3) is 6.08 Å². The summed E-state index contributed by atoms with van der Waals surface area (Å²) in [5.41, 5.74) is 2.77. The number of carbonyl (C=O) groups is 2. The quantitative estimate of drug-likeness (QED) is 0.546. The van der Waals surface area contributed by atoms with E-state index in [1.54, 1.807) is 36.4 Å².